The maximum absolute atomic E-state index is 11.7. The number of nitrogens with zero attached hydrogens (tertiary/aromatic N) is 3. The molecule has 1 atom stereocenters. The highest BCUT2D eigenvalue weighted by Gasteiger charge is 2.25. The number of nitrogens with two attached hydrogens (primary N) is 1. The topological polar surface area (TPSA) is 112 Å². The Morgan fingerprint density at radius 1 is 1.63 bits per heavy atom. The first-order valence-electron chi connectivity index (χ1n) is 6.24. The van der Waals surface area contributed by atoms with E-state index in [1.54, 1.807) is 11.6 Å². The van der Waals surface area contributed by atoms with Crippen molar-refractivity contribution in [3.8, 4) is 0 Å². The maximum atomic E-state index is 11.7. The summed E-state index contributed by atoms with van der Waals surface area (Å²) in [5.41, 5.74) is 6.31. The molecule has 1 aliphatic heterocycles. The summed E-state index contributed by atoms with van der Waals surface area (Å²) in [5.74, 6) is -0.491. The van der Waals surface area contributed by atoms with E-state index in [-0.39, 0.29) is 30.8 Å². The van der Waals surface area contributed by atoms with Crippen molar-refractivity contribution in [1.29, 1.82) is 0 Å². The van der Waals surface area contributed by atoms with Crippen LogP contribution in [0.25, 0.3) is 0 Å². The summed E-state index contributed by atoms with van der Waals surface area (Å²) in [7, 11) is 0. The highest BCUT2D eigenvalue weighted by molar-refractivity contribution is 5.88. The van der Waals surface area contributed by atoms with Crippen LogP contribution in [-0.4, -0.2) is 39.5 Å². The zero-order valence-corrected chi connectivity index (χ0v) is 10.8. The first-order chi connectivity index (χ1) is 9.15. The fraction of sp³-hybridized carbons (Fsp3) is 0.636. The van der Waals surface area contributed by atoms with Crippen LogP contribution >= 0.6 is 0 Å². The Bertz CT molecular complexity index is 485. The third kappa shape index (κ3) is 2.90. The minimum absolute atomic E-state index is 0.00884. The number of amides is 1. The molecular formula is C11H17N5O3. The lowest BCUT2D eigenvalue weighted by Crippen LogP contribution is -2.31. The first-order valence-corrected chi connectivity index (χ1v) is 6.24. The van der Waals surface area contributed by atoms with E-state index in [4.69, 9.17) is 10.5 Å². The van der Waals surface area contributed by atoms with Crippen molar-refractivity contribution in [2.75, 3.05) is 6.61 Å². The second-order valence-electron chi connectivity index (χ2n) is 4.29. The molecule has 1 amide bonds. The quantitative estimate of drug-likeness (QED) is 0.675. The van der Waals surface area contributed by atoms with E-state index in [1.807, 2.05) is 0 Å². The summed E-state index contributed by atoms with van der Waals surface area (Å²) in [6, 6.07) is 0.00884. The average molecular weight is 267 g/mol. The Kier molecular flexibility index (Phi) is 4.10. The number of ether oxygens (including phenoxy) is 1. The molecule has 2 rings (SSSR count). The van der Waals surface area contributed by atoms with Crippen molar-refractivity contribution in [2.24, 2.45) is 5.73 Å². The number of carbonyl (C=O) groups excluding carboxylic acids is 2. The highest BCUT2D eigenvalue weighted by atomic mass is 16.5. The smallest absolute Gasteiger partial charge is 0.360 e. The molecule has 104 valence electrons. The van der Waals surface area contributed by atoms with Crippen molar-refractivity contribution in [1.82, 2.24) is 20.3 Å². The number of hydrogen-bond acceptors (Lipinski definition) is 6. The number of rotatable bonds is 5. The summed E-state index contributed by atoms with van der Waals surface area (Å²) in [6.07, 6.45) is 1.26. The molecule has 0 spiro atoms. The van der Waals surface area contributed by atoms with Crippen LogP contribution in [0.1, 0.15) is 35.9 Å². The van der Waals surface area contributed by atoms with Gasteiger partial charge in [-0.15, -0.1) is 5.10 Å². The van der Waals surface area contributed by atoms with Gasteiger partial charge in [-0.05, 0) is 13.3 Å². The fourth-order valence-electron chi connectivity index (χ4n) is 2.06. The second-order valence-corrected chi connectivity index (χ2v) is 4.29. The molecule has 0 aromatic carbocycles. The molecule has 3 N–H and O–H groups in total. The summed E-state index contributed by atoms with van der Waals surface area (Å²) >= 11 is 0. The summed E-state index contributed by atoms with van der Waals surface area (Å²) < 4.78 is 6.45. The predicted molar refractivity (Wildman–Crippen MR) is 65.0 cm³/mol. The van der Waals surface area contributed by atoms with Crippen LogP contribution in [0.3, 0.4) is 0 Å². The molecule has 1 saturated heterocycles. The molecule has 0 saturated carbocycles. The Labute approximate surface area is 110 Å². The molecule has 1 aliphatic rings. The van der Waals surface area contributed by atoms with Gasteiger partial charge < -0.3 is 15.8 Å². The maximum Gasteiger partial charge on any atom is 0.360 e. The molecule has 1 fully saturated rings. The highest BCUT2D eigenvalue weighted by Crippen LogP contribution is 2.12. The molecular weight excluding hydrogens is 250 g/mol. The van der Waals surface area contributed by atoms with Crippen LogP contribution in [0.5, 0.6) is 0 Å². The number of esters is 1. The predicted octanol–water partition coefficient (Wildman–Crippen LogP) is -0.808. The molecule has 1 aromatic heterocycles. The van der Waals surface area contributed by atoms with Crippen LogP contribution in [-0.2, 0) is 22.6 Å². The molecule has 8 nitrogen and oxygen atoms in total. The minimum atomic E-state index is -0.523. The molecule has 0 radical (unpaired) electrons. The largest absolute Gasteiger partial charge is 0.461 e. The van der Waals surface area contributed by atoms with Crippen LogP contribution in [0, 0.1) is 0 Å². The summed E-state index contributed by atoms with van der Waals surface area (Å²) in [4.78, 5) is 22.8. The number of carbonyl (C=O) groups is 2. The Morgan fingerprint density at radius 3 is 3.00 bits per heavy atom. The molecule has 8 heteroatoms. The van der Waals surface area contributed by atoms with E-state index in [0.29, 0.717) is 18.7 Å². The van der Waals surface area contributed by atoms with Crippen molar-refractivity contribution >= 4 is 11.9 Å². The standard InChI is InChI=1S/C11H17N5O3/c1-2-19-11(18)10-8(5-12)16(15-14-10)6-7-3-4-9(17)13-7/h7H,2-6,12H2,1H3,(H,13,17). The van der Waals surface area contributed by atoms with Crippen LogP contribution < -0.4 is 11.1 Å². The number of aromatic nitrogens is 3. The zero-order chi connectivity index (χ0) is 13.8. The van der Waals surface area contributed by atoms with Gasteiger partial charge in [0.05, 0.1) is 18.8 Å². The van der Waals surface area contributed by atoms with E-state index in [1.165, 1.54) is 0 Å². The lowest BCUT2D eigenvalue weighted by atomic mass is 10.2. The zero-order valence-electron chi connectivity index (χ0n) is 10.8. The van der Waals surface area contributed by atoms with E-state index >= 15 is 0 Å². The van der Waals surface area contributed by atoms with Crippen molar-refractivity contribution in [2.45, 2.75) is 38.9 Å². The SMILES string of the molecule is CCOC(=O)c1nnn(CC2CCC(=O)N2)c1CN. The van der Waals surface area contributed by atoms with Gasteiger partial charge in [-0.25, -0.2) is 9.48 Å². The molecule has 0 aliphatic carbocycles. The molecule has 2 heterocycles. The number of nitrogens with one attached hydrogen (secondary N) is 1. The lowest BCUT2D eigenvalue weighted by Gasteiger charge is -2.11. The van der Waals surface area contributed by atoms with Crippen molar-refractivity contribution in [3.63, 3.8) is 0 Å². The fourth-order valence-corrected chi connectivity index (χ4v) is 2.06. The van der Waals surface area contributed by atoms with Gasteiger partial charge in [0.2, 0.25) is 5.91 Å². The van der Waals surface area contributed by atoms with Gasteiger partial charge in [0, 0.05) is 19.0 Å². The van der Waals surface area contributed by atoms with E-state index in [2.05, 4.69) is 15.6 Å². The van der Waals surface area contributed by atoms with Gasteiger partial charge >= 0.3 is 5.97 Å². The van der Waals surface area contributed by atoms with E-state index in [9.17, 15) is 9.59 Å². The van der Waals surface area contributed by atoms with Gasteiger partial charge in [0.25, 0.3) is 0 Å². The van der Waals surface area contributed by atoms with Crippen LogP contribution in [0.15, 0.2) is 0 Å². The van der Waals surface area contributed by atoms with Crippen LogP contribution in [0.2, 0.25) is 0 Å². The average Bonchev–Trinajstić information content (AvgIpc) is 2.96. The molecule has 1 unspecified atom stereocenters. The van der Waals surface area contributed by atoms with E-state index in [0.717, 1.165) is 6.42 Å². The Hall–Kier alpha value is -1.96. The second kappa shape index (κ2) is 5.79. The van der Waals surface area contributed by atoms with Gasteiger partial charge in [-0.2, -0.15) is 0 Å². The monoisotopic (exact) mass is 267 g/mol. The minimum Gasteiger partial charge on any atom is -0.461 e. The van der Waals surface area contributed by atoms with E-state index < -0.39 is 5.97 Å². The molecule has 1 aromatic rings. The van der Waals surface area contributed by atoms with Crippen LogP contribution in [0.4, 0.5) is 0 Å². The summed E-state index contributed by atoms with van der Waals surface area (Å²) in [5, 5.41) is 10.6. The lowest BCUT2D eigenvalue weighted by molar-refractivity contribution is -0.119. The van der Waals surface area contributed by atoms with Gasteiger partial charge in [0.1, 0.15) is 0 Å². The number of hydrogen-bond donors (Lipinski definition) is 2. The molecule has 19 heavy (non-hydrogen) atoms. The first kappa shape index (κ1) is 13.5. The van der Waals surface area contributed by atoms with Crippen molar-refractivity contribution < 1.29 is 14.3 Å². The third-order valence-electron chi connectivity index (χ3n) is 2.98. The Morgan fingerprint density at radius 2 is 2.42 bits per heavy atom. The van der Waals surface area contributed by atoms with Gasteiger partial charge in [0.15, 0.2) is 5.69 Å². The Balaban J connectivity index is 2.13. The summed E-state index contributed by atoms with van der Waals surface area (Å²) in [6.45, 7) is 2.60. The van der Waals surface area contributed by atoms with Gasteiger partial charge in [-0.3, -0.25) is 4.79 Å². The normalized spacial score (nSPS) is 18.4. The molecule has 0 bridgehead atoms. The van der Waals surface area contributed by atoms with Crippen molar-refractivity contribution in [3.05, 3.63) is 11.4 Å². The third-order valence-corrected chi connectivity index (χ3v) is 2.98. The van der Waals surface area contributed by atoms with Gasteiger partial charge in [-0.1, -0.05) is 5.21 Å².